The van der Waals surface area contributed by atoms with E-state index < -0.39 is 0 Å². The average molecular weight is 346 g/mol. The Kier molecular flexibility index (Phi) is 7.29. The summed E-state index contributed by atoms with van der Waals surface area (Å²) in [5.74, 6) is 0.529. The number of carbonyl (C=O) groups excluding carboxylic acids is 1. The van der Waals surface area contributed by atoms with Crippen molar-refractivity contribution in [2.45, 2.75) is 11.3 Å². The fourth-order valence-corrected chi connectivity index (χ4v) is 2.78. The minimum Gasteiger partial charge on any atom is -0.399 e. The van der Waals surface area contributed by atoms with Crippen molar-refractivity contribution in [3.05, 3.63) is 65.5 Å². The van der Waals surface area contributed by atoms with Gasteiger partial charge in [0.05, 0.1) is 6.21 Å². The van der Waals surface area contributed by atoms with Crippen LogP contribution >= 0.6 is 11.8 Å². The summed E-state index contributed by atoms with van der Waals surface area (Å²) in [6.45, 7) is 0.597. The Morgan fingerprint density at radius 1 is 1.21 bits per heavy atom. The first-order chi connectivity index (χ1) is 11.7. The van der Waals surface area contributed by atoms with E-state index in [2.05, 4.69) is 15.3 Å². The van der Waals surface area contributed by atoms with E-state index in [-0.39, 0.29) is 11.7 Å². The maximum atomic E-state index is 12.8. The van der Waals surface area contributed by atoms with Gasteiger partial charge in [0.2, 0.25) is 0 Å². The molecule has 0 aromatic heterocycles. The van der Waals surface area contributed by atoms with Crippen LogP contribution in [0.4, 0.5) is 4.39 Å². The molecule has 0 spiro atoms. The van der Waals surface area contributed by atoms with Gasteiger partial charge in [0.15, 0.2) is 0 Å². The number of oxime groups is 1. The van der Waals surface area contributed by atoms with Gasteiger partial charge in [-0.1, -0.05) is 17.3 Å². The molecule has 0 aliphatic rings. The Balaban J connectivity index is 1.69. The third-order valence-electron chi connectivity index (χ3n) is 3.17. The molecule has 0 bridgehead atoms. The molecule has 0 heterocycles. The molecule has 0 atom stereocenters. The lowest BCUT2D eigenvalue weighted by Crippen LogP contribution is -2.24. The van der Waals surface area contributed by atoms with Crippen molar-refractivity contribution in [2.24, 2.45) is 5.16 Å². The summed E-state index contributed by atoms with van der Waals surface area (Å²) in [5, 5.41) is 6.55. The van der Waals surface area contributed by atoms with Crippen LogP contribution in [0.5, 0.6) is 0 Å². The quantitative estimate of drug-likeness (QED) is 0.343. The highest BCUT2D eigenvalue weighted by Gasteiger charge is 2.04. The second-order valence-corrected chi connectivity index (χ2v) is 6.12. The zero-order valence-corrected chi connectivity index (χ0v) is 14.2. The van der Waals surface area contributed by atoms with Crippen molar-refractivity contribution >= 4 is 23.9 Å². The number of hydrogen-bond donors (Lipinski definition) is 1. The van der Waals surface area contributed by atoms with Gasteiger partial charge in [0, 0.05) is 17.0 Å². The lowest BCUT2D eigenvalue weighted by atomic mass is 10.1. The van der Waals surface area contributed by atoms with Crippen molar-refractivity contribution in [1.82, 2.24) is 5.32 Å². The number of nitrogens with zero attached hydrogens (tertiary/aromatic N) is 1. The lowest BCUT2D eigenvalue weighted by molar-refractivity contribution is 0.0954. The molecule has 2 aromatic rings. The SMILES string of the molecule is CO/N=C/c1ccc(C(=O)NCCCSc2ccc(F)cc2)cc1. The normalized spacial score (nSPS) is 10.8. The summed E-state index contributed by atoms with van der Waals surface area (Å²) in [6, 6.07) is 13.5. The number of amides is 1. The monoisotopic (exact) mass is 346 g/mol. The molecule has 4 nitrogen and oxygen atoms in total. The number of hydrogen-bond acceptors (Lipinski definition) is 4. The van der Waals surface area contributed by atoms with Crippen LogP contribution in [0.3, 0.4) is 0 Å². The van der Waals surface area contributed by atoms with Gasteiger partial charge in [0.25, 0.3) is 5.91 Å². The van der Waals surface area contributed by atoms with Gasteiger partial charge in [-0.3, -0.25) is 4.79 Å². The van der Waals surface area contributed by atoms with Crippen molar-refractivity contribution in [1.29, 1.82) is 0 Å². The van der Waals surface area contributed by atoms with E-state index in [0.717, 1.165) is 22.6 Å². The number of halogens is 1. The largest absolute Gasteiger partial charge is 0.399 e. The molecule has 0 saturated heterocycles. The van der Waals surface area contributed by atoms with E-state index in [1.165, 1.54) is 19.2 Å². The van der Waals surface area contributed by atoms with E-state index in [0.29, 0.717) is 12.1 Å². The summed E-state index contributed by atoms with van der Waals surface area (Å²) >= 11 is 1.64. The zero-order chi connectivity index (χ0) is 17.2. The number of carbonyl (C=O) groups is 1. The summed E-state index contributed by atoms with van der Waals surface area (Å²) < 4.78 is 12.8. The zero-order valence-electron chi connectivity index (χ0n) is 13.4. The highest BCUT2D eigenvalue weighted by atomic mass is 32.2. The Hall–Kier alpha value is -2.34. The summed E-state index contributed by atoms with van der Waals surface area (Å²) in [6.07, 6.45) is 2.42. The number of benzene rings is 2. The van der Waals surface area contributed by atoms with Gasteiger partial charge in [0.1, 0.15) is 12.9 Å². The molecule has 24 heavy (non-hydrogen) atoms. The molecule has 0 aliphatic heterocycles. The first-order valence-electron chi connectivity index (χ1n) is 7.52. The van der Waals surface area contributed by atoms with Gasteiger partial charge in [-0.25, -0.2) is 4.39 Å². The minimum absolute atomic E-state index is 0.1000. The van der Waals surface area contributed by atoms with Crippen molar-refractivity contribution in [2.75, 3.05) is 19.4 Å². The standard InChI is InChI=1S/C18H19FN2O2S/c1-23-21-13-14-3-5-15(6-4-14)18(22)20-11-2-12-24-17-9-7-16(19)8-10-17/h3-10,13H,2,11-12H2,1H3,(H,20,22)/b21-13+. The lowest BCUT2D eigenvalue weighted by Gasteiger charge is -2.06. The van der Waals surface area contributed by atoms with Crippen LogP contribution in [0.15, 0.2) is 58.6 Å². The second-order valence-electron chi connectivity index (χ2n) is 4.95. The highest BCUT2D eigenvalue weighted by molar-refractivity contribution is 7.99. The van der Waals surface area contributed by atoms with Gasteiger partial charge < -0.3 is 10.2 Å². The topological polar surface area (TPSA) is 50.7 Å². The fourth-order valence-electron chi connectivity index (χ4n) is 1.93. The highest BCUT2D eigenvalue weighted by Crippen LogP contribution is 2.18. The minimum atomic E-state index is -0.230. The summed E-state index contributed by atoms with van der Waals surface area (Å²) in [7, 11) is 1.48. The van der Waals surface area contributed by atoms with E-state index in [1.54, 1.807) is 42.2 Å². The van der Waals surface area contributed by atoms with E-state index in [4.69, 9.17) is 0 Å². The molecular weight excluding hydrogens is 327 g/mol. The number of nitrogens with one attached hydrogen (secondary N) is 1. The van der Waals surface area contributed by atoms with Crippen LogP contribution in [-0.2, 0) is 4.84 Å². The Bertz CT molecular complexity index is 672. The Labute approximate surface area is 145 Å². The van der Waals surface area contributed by atoms with Crippen molar-refractivity contribution in [3.63, 3.8) is 0 Å². The summed E-state index contributed by atoms with van der Waals surface area (Å²) in [4.78, 5) is 17.7. The maximum absolute atomic E-state index is 12.8. The van der Waals surface area contributed by atoms with E-state index in [9.17, 15) is 9.18 Å². The first-order valence-corrected chi connectivity index (χ1v) is 8.51. The van der Waals surface area contributed by atoms with Crippen LogP contribution < -0.4 is 5.32 Å². The molecule has 1 amide bonds. The smallest absolute Gasteiger partial charge is 0.251 e. The Morgan fingerprint density at radius 3 is 2.58 bits per heavy atom. The van der Waals surface area contributed by atoms with E-state index in [1.807, 2.05) is 12.1 Å². The molecule has 0 radical (unpaired) electrons. The average Bonchev–Trinajstić information content (AvgIpc) is 2.61. The second kappa shape index (κ2) is 9.72. The predicted octanol–water partition coefficient (Wildman–Crippen LogP) is 3.72. The molecule has 0 fully saturated rings. The third kappa shape index (κ3) is 6.04. The van der Waals surface area contributed by atoms with Crippen LogP contribution in [0.25, 0.3) is 0 Å². The summed E-state index contributed by atoms with van der Waals surface area (Å²) in [5.41, 5.74) is 1.47. The Morgan fingerprint density at radius 2 is 1.92 bits per heavy atom. The van der Waals surface area contributed by atoms with Gasteiger partial charge >= 0.3 is 0 Å². The van der Waals surface area contributed by atoms with Crippen LogP contribution in [0, 0.1) is 5.82 Å². The van der Waals surface area contributed by atoms with Crippen molar-refractivity contribution < 1.29 is 14.0 Å². The number of rotatable bonds is 8. The first kappa shape index (κ1) is 18.0. The van der Waals surface area contributed by atoms with E-state index >= 15 is 0 Å². The predicted molar refractivity (Wildman–Crippen MR) is 95.1 cm³/mol. The molecule has 2 aromatic carbocycles. The molecule has 2 rings (SSSR count). The van der Waals surface area contributed by atoms with Gasteiger partial charge in [-0.05, 0) is 54.1 Å². The number of thioether (sulfide) groups is 1. The van der Waals surface area contributed by atoms with Crippen LogP contribution in [0.1, 0.15) is 22.3 Å². The van der Waals surface area contributed by atoms with Crippen molar-refractivity contribution in [3.8, 4) is 0 Å². The van der Waals surface area contributed by atoms with Gasteiger partial charge in [-0.2, -0.15) is 0 Å². The van der Waals surface area contributed by atoms with Gasteiger partial charge in [-0.15, -0.1) is 11.8 Å². The maximum Gasteiger partial charge on any atom is 0.251 e. The third-order valence-corrected chi connectivity index (χ3v) is 4.27. The molecule has 6 heteroatoms. The molecule has 126 valence electrons. The van der Waals surface area contributed by atoms with Crippen LogP contribution in [-0.4, -0.2) is 31.5 Å². The molecular formula is C18H19FN2O2S. The molecule has 0 aliphatic carbocycles. The molecule has 0 saturated carbocycles. The fraction of sp³-hybridized carbons (Fsp3) is 0.222. The molecule has 0 unspecified atom stereocenters. The molecule has 1 N–H and O–H groups in total. The van der Waals surface area contributed by atoms with Crippen LogP contribution in [0.2, 0.25) is 0 Å².